The second kappa shape index (κ2) is 8.40. The van der Waals surface area contributed by atoms with Gasteiger partial charge in [0, 0.05) is 6.04 Å². The van der Waals surface area contributed by atoms with Crippen LogP contribution >= 0.6 is 12.4 Å². The third kappa shape index (κ3) is 4.21. The van der Waals surface area contributed by atoms with Crippen molar-refractivity contribution in [1.29, 1.82) is 0 Å². The van der Waals surface area contributed by atoms with Gasteiger partial charge in [0.05, 0.1) is 5.56 Å². The van der Waals surface area contributed by atoms with Crippen LogP contribution in [-0.2, 0) is 12.8 Å². The van der Waals surface area contributed by atoms with Gasteiger partial charge >= 0.3 is 5.97 Å². The molecule has 1 atom stereocenters. The molecule has 1 aromatic rings. The van der Waals surface area contributed by atoms with Gasteiger partial charge in [-0.25, -0.2) is 4.79 Å². The maximum Gasteiger partial charge on any atom is 0.335 e. The zero-order chi connectivity index (χ0) is 14.5. The van der Waals surface area contributed by atoms with Crippen molar-refractivity contribution in [3.05, 3.63) is 34.9 Å². The van der Waals surface area contributed by atoms with E-state index in [1.54, 1.807) is 6.07 Å². The predicted molar refractivity (Wildman–Crippen MR) is 88.6 cm³/mol. The zero-order valence-corrected chi connectivity index (χ0v) is 13.8. The number of halogens is 1. The SMILES string of the molecule is CCCN(CCC)C1CCc2cccc(C(=O)O)c2C1.Cl. The lowest BCUT2D eigenvalue weighted by Gasteiger charge is -2.35. The number of carbonyl (C=O) groups is 1. The van der Waals surface area contributed by atoms with E-state index in [2.05, 4.69) is 24.8 Å². The maximum absolute atomic E-state index is 11.4. The molecule has 2 rings (SSSR count). The first-order valence-corrected chi connectivity index (χ1v) is 7.75. The van der Waals surface area contributed by atoms with Gasteiger partial charge < -0.3 is 10.0 Å². The molecule has 1 N–H and O–H groups in total. The van der Waals surface area contributed by atoms with Gasteiger partial charge in [0.2, 0.25) is 0 Å². The number of carboxylic acid groups (broad SMARTS) is 1. The average Bonchev–Trinajstić information content (AvgIpc) is 2.45. The van der Waals surface area contributed by atoms with Crippen molar-refractivity contribution >= 4 is 18.4 Å². The Balaban J connectivity index is 0.00000220. The van der Waals surface area contributed by atoms with Gasteiger partial charge in [-0.1, -0.05) is 26.0 Å². The number of aryl methyl sites for hydroxylation is 1. The number of fused-ring (bicyclic) bond motifs is 1. The Morgan fingerprint density at radius 2 is 1.95 bits per heavy atom. The summed E-state index contributed by atoms with van der Waals surface area (Å²) in [7, 11) is 0. The first-order valence-electron chi connectivity index (χ1n) is 7.75. The van der Waals surface area contributed by atoms with Gasteiger partial charge in [0.15, 0.2) is 0 Å². The molecule has 0 fully saturated rings. The van der Waals surface area contributed by atoms with Crippen molar-refractivity contribution in [2.45, 2.75) is 52.0 Å². The molecule has 1 aliphatic carbocycles. The molecule has 0 heterocycles. The monoisotopic (exact) mass is 311 g/mol. The standard InChI is InChI=1S/C17H25NO2.ClH/c1-3-10-18(11-4-2)14-9-8-13-6-5-7-15(17(19)20)16(13)12-14;/h5-7,14H,3-4,8-12H2,1-2H3,(H,19,20);1H. The maximum atomic E-state index is 11.4. The number of rotatable bonds is 6. The first-order chi connectivity index (χ1) is 9.67. The Hall–Kier alpha value is -1.06. The number of nitrogens with zero attached hydrogens (tertiary/aromatic N) is 1. The number of carboxylic acids is 1. The van der Waals surface area contributed by atoms with Crippen LogP contribution in [-0.4, -0.2) is 35.1 Å². The molecular formula is C17H26ClNO2. The Bertz CT molecular complexity index is 470. The minimum Gasteiger partial charge on any atom is -0.478 e. The van der Waals surface area contributed by atoms with Crippen molar-refractivity contribution in [3.8, 4) is 0 Å². The summed E-state index contributed by atoms with van der Waals surface area (Å²) in [5, 5.41) is 9.36. The molecule has 3 nitrogen and oxygen atoms in total. The summed E-state index contributed by atoms with van der Waals surface area (Å²) in [6, 6.07) is 6.21. The van der Waals surface area contributed by atoms with Gasteiger partial charge in [-0.05, 0) is 62.4 Å². The van der Waals surface area contributed by atoms with Crippen LogP contribution in [0, 0.1) is 0 Å². The molecular weight excluding hydrogens is 286 g/mol. The van der Waals surface area contributed by atoms with E-state index in [-0.39, 0.29) is 12.4 Å². The molecule has 0 saturated carbocycles. The molecule has 118 valence electrons. The van der Waals surface area contributed by atoms with Crippen LogP contribution in [0.5, 0.6) is 0 Å². The molecule has 0 amide bonds. The number of benzene rings is 1. The fourth-order valence-corrected chi connectivity index (χ4v) is 3.33. The molecule has 21 heavy (non-hydrogen) atoms. The molecule has 0 radical (unpaired) electrons. The molecule has 0 spiro atoms. The van der Waals surface area contributed by atoms with Crippen LogP contribution in [0.1, 0.15) is 54.6 Å². The van der Waals surface area contributed by atoms with Gasteiger partial charge in [0.1, 0.15) is 0 Å². The van der Waals surface area contributed by atoms with E-state index in [0.717, 1.165) is 50.8 Å². The normalized spacial score (nSPS) is 17.2. The zero-order valence-electron chi connectivity index (χ0n) is 13.0. The third-order valence-corrected chi connectivity index (χ3v) is 4.23. The van der Waals surface area contributed by atoms with Crippen LogP contribution in [0.2, 0.25) is 0 Å². The topological polar surface area (TPSA) is 40.5 Å². The quantitative estimate of drug-likeness (QED) is 0.869. The first kappa shape index (κ1) is 18.0. The van der Waals surface area contributed by atoms with Gasteiger partial charge in [-0.2, -0.15) is 0 Å². The minimum atomic E-state index is -0.792. The average molecular weight is 312 g/mol. The van der Waals surface area contributed by atoms with Crippen molar-refractivity contribution in [2.75, 3.05) is 13.1 Å². The summed E-state index contributed by atoms with van der Waals surface area (Å²) in [6.07, 6.45) is 5.35. The van der Waals surface area contributed by atoms with Crippen LogP contribution in [0.15, 0.2) is 18.2 Å². The highest BCUT2D eigenvalue weighted by molar-refractivity contribution is 5.90. The lowest BCUT2D eigenvalue weighted by Crippen LogP contribution is -2.40. The van der Waals surface area contributed by atoms with E-state index in [4.69, 9.17) is 0 Å². The Morgan fingerprint density at radius 1 is 1.29 bits per heavy atom. The molecule has 0 saturated heterocycles. The smallest absolute Gasteiger partial charge is 0.335 e. The Kier molecular flexibility index (Phi) is 7.20. The summed E-state index contributed by atoms with van der Waals surface area (Å²) in [6.45, 7) is 6.65. The molecule has 0 bridgehead atoms. The largest absolute Gasteiger partial charge is 0.478 e. The summed E-state index contributed by atoms with van der Waals surface area (Å²) in [5.74, 6) is -0.792. The second-order valence-corrected chi connectivity index (χ2v) is 5.68. The Morgan fingerprint density at radius 3 is 2.52 bits per heavy atom. The van der Waals surface area contributed by atoms with E-state index < -0.39 is 5.97 Å². The number of hydrogen-bond acceptors (Lipinski definition) is 2. The number of hydrogen-bond donors (Lipinski definition) is 1. The van der Waals surface area contributed by atoms with E-state index in [9.17, 15) is 9.90 Å². The van der Waals surface area contributed by atoms with Crippen LogP contribution in [0.4, 0.5) is 0 Å². The molecule has 4 heteroatoms. The molecule has 0 aromatic heterocycles. The lowest BCUT2D eigenvalue weighted by atomic mass is 9.84. The fourth-order valence-electron chi connectivity index (χ4n) is 3.33. The molecule has 1 aromatic carbocycles. The van der Waals surface area contributed by atoms with E-state index in [1.807, 2.05) is 6.07 Å². The molecule has 1 aliphatic rings. The minimum absolute atomic E-state index is 0. The van der Waals surface area contributed by atoms with Crippen molar-refractivity contribution < 1.29 is 9.90 Å². The highest BCUT2D eigenvalue weighted by Crippen LogP contribution is 2.27. The predicted octanol–water partition coefficient (Wildman–Crippen LogP) is 3.79. The summed E-state index contributed by atoms with van der Waals surface area (Å²) in [5.41, 5.74) is 2.79. The molecule has 0 aliphatic heterocycles. The second-order valence-electron chi connectivity index (χ2n) is 5.68. The highest BCUT2D eigenvalue weighted by atomic mass is 35.5. The van der Waals surface area contributed by atoms with Crippen LogP contribution in [0.3, 0.4) is 0 Å². The van der Waals surface area contributed by atoms with Gasteiger partial charge in [-0.3, -0.25) is 0 Å². The third-order valence-electron chi connectivity index (χ3n) is 4.23. The van der Waals surface area contributed by atoms with Crippen molar-refractivity contribution in [2.24, 2.45) is 0 Å². The van der Waals surface area contributed by atoms with E-state index in [1.165, 1.54) is 5.56 Å². The lowest BCUT2D eigenvalue weighted by molar-refractivity contribution is 0.0694. The fraction of sp³-hybridized carbons (Fsp3) is 0.588. The highest BCUT2D eigenvalue weighted by Gasteiger charge is 2.26. The summed E-state index contributed by atoms with van der Waals surface area (Å²) >= 11 is 0. The van der Waals surface area contributed by atoms with Crippen molar-refractivity contribution in [3.63, 3.8) is 0 Å². The van der Waals surface area contributed by atoms with E-state index >= 15 is 0 Å². The Labute approximate surface area is 133 Å². The molecule has 1 unspecified atom stereocenters. The van der Waals surface area contributed by atoms with Gasteiger partial charge in [-0.15, -0.1) is 12.4 Å². The van der Waals surface area contributed by atoms with Crippen LogP contribution < -0.4 is 0 Å². The summed E-state index contributed by atoms with van der Waals surface area (Å²) in [4.78, 5) is 13.9. The van der Waals surface area contributed by atoms with E-state index in [0.29, 0.717) is 11.6 Å². The van der Waals surface area contributed by atoms with Crippen molar-refractivity contribution in [1.82, 2.24) is 4.90 Å². The van der Waals surface area contributed by atoms with Gasteiger partial charge in [0.25, 0.3) is 0 Å². The summed E-state index contributed by atoms with van der Waals surface area (Å²) < 4.78 is 0. The van der Waals surface area contributed by atoms with Crippen LogP contribution in [0.25, 0.3) is 0 Å². The number of aromatic carboxylic acids is 1.